The molecule has 0 unspecified atom stereocenters. The molecule has 0 aliphatic heterocycles. The van der Waals surface area contributed by atoms with Crippen molar-refractivity contribution in [2.45, 2.75) is 18.1 Å². The molecule has 2 aromatic rings. The molecular weight excluding hydrogens is 258 g/mol. The number of carbonyl (C=O) groups excluding carboxylic acids is 1. The van der Waals surface area contributed by atoms with Gasteiger partial charge in [-0.25, -0.2) is 4.79 Å². The molecule has 0 aromatic carbocycles. The Morgan fingerprint density at radius 1 is 1.33 bits per heavy atom. The SMILES string of the molecule is O=C(OS(=O)(=O)C1CC1)c1cncc2[nH]ncc12. The molecule has 2 heterocycles. The van der Waals surface area contributed by atoms with Crippen molar-refractivity contribution in [1.29, 1.82) is 0 Å². The summed E-state index contributed by atoms with van der Waals surface area (Å²) in [6, 6.07) is 0. The Morgan fingerprint density at radius 3 is 2.83 bits per heavy atom. The predicted octanol–water partition coefficient (Wildman–Crippen LogP) is 0.607. The summed E-state index contributed by atoms with van der Waals surface area (Å²) in [6.07, 6.45) is 5.28. The van der Waals surface area contributed by atoms with Crippen LogP contribution in [0.2, 0.25) is 0 Å². The van der Waals surface area contributed by atoms with E-state index in [-0.39, 0.29) is 5.56 Å². The van der Waals surface area contributed by atoms with Crippen molar-refractivity contribution < 1.29 is 17.4 Å². The van der Waals surface area contributed by atoms with Crippen molar-refractivity contribution in [2.24, 2.45) is 0 Å². The number of rotatable bonds is 3. The molecule has 1 aliphatic carbocycles. The number of hydrogen-bond donors (Lipinski definition) is 1. The van der Waals surface area contributed by atoms with Crippen LogP contribution in [0.25, 0.3) is 10.9 Å². The Kier molecular flexibility index (Phi) is 2.34. The summed E-state index contributed by atoms with van der Waals surface area (Å²) in [5.41, 5.74) is 0.638. The van der Waals surface area contributed by atoms with E-state index < -0.39 is 21.3 Å². The van der Waals surface area contributed by atoms with Crippen molar-refractivity contribution >= 4 is 27.0 Å². The highest BCUT2D eigenvalue weighted by molar-refractivity contribution is 7.88. The molecule has 0 saturated heterocycles. The summed E-state index contributed by atoms with van der Waals surface area (Å²) in [6.45, 7) is 0. The number of aromatic amines is 1. The second kappa shape index (κ2) is 3.77. The van der Waals surface area contributed by atoms with E-state index in [4.69, 9.17) is 0 Å². The quantitative estimate of drug-likeness (QED) is 0.817. The van der Waals surface area contributed by atoms with E-state index in [1.54, 1.807) is 0 Å². The number of hydrogen-bond acceptors (Lipinski definition) is 6. The smallest absolute Gasteiger partial charge is 0.341 e. The highest BCUT2D eigenvalue weighted by Gasteiger charge is 2.39. The standard InChI is InChI=1S/C10H9N3O4S/c14-10(17-18(15,16)6-1-2-6)8-3-11-5-9-7(8)4-12-13-9/h3-6H,1-2H2,(H,12,13). The second-order valence-corrected chi connectivity index (χ2v) is 5.90. The van der Waals surface area contributed by atoms with Gasteiger partial charge in [0.2, 0.25) is 0 Å². The highest BCUT2D eigenvalue weighted by Crippen LogP contribution is 2.30. The Labute approximate surface area is 102 Å². The predicted molar refractivity (Wildman–Crippen MR) is 61.2 cm³/mol. The van der Waals surface area contributed by atoms with Gasteiger partial charge in [0.1, 0.15) is 0 Å². The number of H-pyrrole nitrogens is 1. The van der Waals surface area contributed by atoms with Crippen molar-refractivity contribution in [3.05, 3.63) is 24.2 Å². The molecule has 18 heavy (non-hydrogen) atoms. The number of carbonyl (C=O) groups is 1. The maximum absolute atomic E-state index is 11.8. The van der Waals surface area contributed by atoms with Crippen molar-refractivity contribution in [3.63, 3.8) is 0 Å². The van der Waals surface area contributed by atoms with Crippen molar-refractivity contribution in [1.82, 2.24) is 15.2 Å². The first-order chi connectivity index (χ1) is 8.58. The van der Waals surface area contributed by atoms with Gasteiger partial charge in [0.15, 0.2) is 0 Å². The summed E-state index contributed by atoms with van der Waals surface area (Å²) in [5, 5.41) is 6.35. The highest BCUT2D eigenvalue weighted by atomic mass is 32.2. The van der Waals surface area contributed by atoms with Crippen LogP contribution >= 0.6 is 0 Å². The van der Waals surface area contributed by atoms with E-state index in [9.17, 15) is 13.2 Å². The van der Waals surface area contributed by atoms with Crippen LogP contribution in [0.4, 0.5) is 0 Å². The molecule has 0 radical (unpaired) electrons. The minimum Gasteiger partial charge on any atom is -0.341 e. The fourth-order valence-electron chi connectivity index (χ4n) is 1.60. The van der Waals surface area contributed by atoms with Crippen LogP contribution in [0.3, 0.4) is 0 Å². The molecule has 0 atom stereocenters. The van der Waals surface area contributed by atoms with E-state index in [0.29, 0.717) is 23.7 Å². The lowest BCUT2D eigenvalue weighted by Gasteiger charge is -2.04. The molecule has 8 heteroatoms. The van der Waals surface area contributed by atoms with Crippen molar-refractivity contribution in [2.75, 3.05) is 0 Å². The lowest BCUT2D eigenvalue weighted by molar-refractivity contribution is 0.0748. The Hall–Kier alpha value is -1.96. The van der Waals surface area contributed by atoms with Crippen LogP contribution < -0.4 is 0 Å². The number of pyridine rings is 1. The zero-order chi connectivity index (χ0) is 12.8. The van der Waals surface area contributed by atoms with Crippen LogP contribution in [0.5, 0.6) is 0 Å². The average molecular weight is 267 g/mol. The molecule has 2 aromatic heterocycles. The Bertz CT molecular complexity index is 718. The molecule has 3 rings (SSSR count). The van der Waals surface area contributed by atoms with Crippen LogP contribution in [0, 0.1) is 0 Å². The van der Waals surface area contributed by atoms with Gasteiger partial charge >= 0.3 is 16.1 Å². The fraction of sp³-hybridized carbons (Fsp3) is 0.300. The van der Waals surface area contributed by atoms with Crippen LogP contribution in [0.1, 0.15) is 23.2 Å². The summed E-state index contributed by atoms with van der Waals surface area (Å²) in [5.74, 6) is -0.915. The van der Waals surface area contributed by atoms with Gasteiger partial charge in [-0.3, -0.25) is 10.1 Å². The molecule has 0 spiro atoms. The monoisotopic (exact) mass is 267 g/mol. The third-order valence-electron chi connectivity index (χ3n) is 2.71. The second-order valence-electron chi connectivity index (χ2n) is 4.08. The minimum absolute atomic E-state index is 0.0884. The first-order valence-electron chi connectivity index (χ1n) is 5.32. The zero-order valence-electron chi connectivity index (χ0n) is 9.16. The van der Waals surface area contributed by atoms with E-state index in [2.05, 4.69) is 19.4 Å². The third-order valence-corrected chi connectivity index (χ3v) is 4.38. The lowest BCUT2D eigenvalue weighted by Crippen LogP contribution is -2.17. The molecule has 0 bridgehead atoms. The van der Waals surface area contributed by atoms with Gasteiger partial charge in [0, 0.05) is 11.6 Å². The topological polar surface area (TPSA) is 102 Å². The number of nitrogens with one attached hydrogen (secondary N) is 1. The minimum atomic E-state index is -3.79. The third kappa shape index (κ3) is 1.84. The summed E-state index contributed by atoms with van der Waals surface area (Å²) in [7, 11) is -3.79. The molecule has 0 amide bonds. The molecule has 1 fully saturated rings. The van der Waals surface area contributed by atoms with E-state index in [1.165, 1.54) is 18.6 Å². The fourth-order valence-corrected chi connectivity index (χ4v) is 2.75. The van der Waals surface area contributed by atoms with E-state index in [1.807, 2.05) is 0 Å². The van der Waals surface area contributed by atoms with E-state index in [0.717, 1.165) is 0 Å². The van der Waals surface area contributed by atoms with Crippen molar-refractivity contribution in [3.8, 4) is 0 Å². The van der Waals surface area contributed by atoms with Gasteiger partial charge in [0.25, 0.3) is 0 Å². The van der Waals surface area contributed by atoms with E-state index >= 15 is 0 Å². The van der Waals surface area contributed by atoms with Gasteiger partial charge in [-0.2, -0.15) is 13.5 Å². The number of nitrogens with zero attached hydrogens (tertiary/aromatic N) is 2. The zero-order valence-corrected chi connectivity index (χ0v) is 9.98. The maximum atomic E-state index is 11.8. The van der Waals surface area contributed by atoms with Crippen LogP contribution in [0.15, 0.2) is 18.6 Å². The number of fused-ring (bicyclic) bond motifs is 1. The molecule has 1 saturated carbocycles. The molecule has 1 N–H and O–H groups in total. The first-order valence-corrected chi connectivity index (χ1v) is 6.80. The summed E-state index contributed by atoms with van der Waals surface area (Å²) < 4.78 is 27.7. The van der Waals surface area contributed by atoms with Crippen LogP contribution in [-0.2, 0) is 14.3 Å². The average Bonchev–Trinajstić information content (AvgIpc) is 3.07. The van der Waals surface area contributed by atoms with Gasteiger partial charge in [-0.1, -0.05) is 0 Å². The van der Waals surface area contributed by atoms with Gasteiger partial charge < -0.3 is 4.18 Å². The first kappa shape index (κ1) is 11.1. The molecular formula is C10H9N3O4S. The molecule has 7 nitrogen and oxygen atoms in total. The summed E-state index contributed by atoms with van der Waals surface area (Å²) >= 11 is 0. The van der Waals surface area contributed by atoms with Gasteiger partial charge in [-0.15, -0.1) is 0 Å². The lowest BCUT2D eigenvalue weighted by atomic mass is 10.2. The Morgan fingerprint density at radius 2 is 2.11 bits per heavy atom. The molecule has 94 valence electrons. The molecule has 1 aliphatic rings. The largest absolute Gasteiger partial charge is 0.356 e. The summed E-state index contributed by atoms with van der Waals surface area (Å²) in [4.78, 5) is 15.7. The number of aromatic nitrogens is 3. The van der Waals surface area contributed by atoms with Gasteiger partial charge in [0.05, 0.1) is 28.7 Å². The maximum Gasteiger partial charge on any atom is 0.356 e. The van der Waals surface area contributed by atoms with Crippen LogP contribution in [-0.4, -0.2) is 34.8 Å². The van der Waals surface area contributed by atoms with Gasteiger partial charge in [-0.05, 0) is 12.8 Å². The normalized spacial score (nSPS) is 15.8. The Balaban J connectivity index is 1.95.